The molecule has 2 aromatic heterocycles. The first kappa shape index (κ1) is 10.8. The number of nitrogens with zero attached hydrogens (tertiary/aromatic N) is 2. The van der Waals surface area contributed by atoms with Crippen molar-refractivity contribution in [2.75, 3.05) is 7.11 Å². The van der Waals surface area contributed by atoms with Gasteiger partial charge in [0.2, 0.25) is 0 Å². The second kappa shape index (κ2) is 3.60. The van der Waals surface area contributed by atoms with Crippen molar-refractivity contribution in [2.24, 2.45) is 7.05 Å². The summed E-state index contributed by atoms with van der Waals surface area (Å²) in [6.07, 6.45) is 0. The van der Waals surface area contributed by atoms with Gasteiger partial charge >= 0.3 is 0 Å². The van der Waals surface area contributed by atoms with Gasteiger partial charge in [0.25, 0.3) is 5.56 Å². The van der Waals surface area contributed by atoms with Gasteiger partial charge in [-0.1, -0.05) is 0 Å². The summed E-state index contributed by atoms with van der Waals surface area (Å²) in [5.74, 6) is 1.44. The SMILES string of the molecule is COc1ccc2[nH]c3c(=O)n(C)c(C)nc3c2c1. The van der Waals surface area contributed by atoms with Gasteiger partial charge in [0.15, 0.2) is 0 Å². The van der Waals surface area contributed by atoms with Crippen LogP contribution in [0.15, 0.2) is 23.0 Å². The van der Waals surface area contributed by atoms with E-state index in [0.29, 0.717) is 16.9 Å². The summed E-state index contributed by atoms with van der Waals surface area (Å²) < 4.78 is 6.74. The molecule has 0 fully saturated rings. The number of fused-ring (bicyclic) bond motifs is 3. The molecule has 0 saturated heterocycles. The van der Waals surface area contributed by atoms with Gasteiger partial charge < -0.3 is 9.72 Å². The quantitative estimate of drug-likeness (QED) is 0.708. The zero-order chi connectivity index (χ0) is 12.9. The number of ether oxygens (including phenoxy) is 1. The largest absolute Gasteiger partial charge is 0.497 e. The summed E-state index contributed by atoms with van der Waals surface area (Å²) >= 11 is 0. The number of rotatable bonds is 1. The van der Waals surface area contributed by atoms with Crippen LogP contribution in [0.3, 0.4) is 0 Å². The van der Waals surface area contributed by atoms with Gasteiger partial charge in [-0.15, -0.1) is 0 Å². The molecule has 18 heavy (non-hydrogen) atoms. The Balaban J connectivity index is 2.53. The molecule has 0 radical (unpaired) electrons. The Hall–Kier alpha value is -2.30. The molecule has 0 saturated carbocycles. The third-order valence-corrected chi connectivity index (χ3v) is 3.26. The smallest absolute Gasteiger partial charge is 0.277 e. The predicted molar refractivity (Wildman–Crippen MR) is 70.1 cm³/mol. The topological polar surface area (TPSA) is 59.9 Å². The molecule has 0 aliphatic rings. The maximum atomic E-state index is 12.1. The second-order valence-corrected chi connectivity index (χ2v) is 4.28. The molecule has 1 aromatic carbocycles. The number of aromatic nitrogens is 3. The van der Waals surface area contributed by atoms with Crippen molar-refractivity contribution in [2.45, 2.75) is 6.92 Å². The molecule has 5 nitrogen and oxygen atoms in total. The van der Waals surface area contributed by atoms with E-state index < -0.39 is 0 Å². The minimum absolute atomic E-state index is 0.0623. The van der Waals surface area contributed by atoms with Crippen LogP contribution in [0.25, 0.3) is 21.9 Å². The normalized spacial score (nSPS) is 11.3. The first-order chi connectivity index (χ1) is 8.61. The summed E-state index contributed by atoms with van der Waals surface area (Å²) in [7, 11) is 3.34. The fourth-order valence-electron chi connectivity index (χ4n) is 2.11. The average molecular weight is 243 g/mol. The van der Waals surface area contributed by atoms with Gasteiger partial charge in [-0.2, -0.15) is 0 Å². The molecule has 0 bridgehead atoms. The van der Waals surface area contributed by atoms with Crippen LogP contribution in [0, 0.1) is 6.92 Å². The van der Waals surface area contributed by atoms with Crippen molar-refractivity contribution in [1.82, 2.24) is 14.5 Å². The van der Waals surface area contributed by atoms with E-state index in [4.69, 9.17) is 4.74 Å². The molecule has 0 amide bonds. The number of hydrogen-bond donors (Lipinski definition) is 1. The molecular formula is C13H13N3O2. The lowest BCUT2D eigenvalue weighted by atomic mass is 10.2. The van der Waals surface area contributed by atoms with Gasteiger partial charge in [0.05, 0.1) is 7.11 Å². The second-order valence-electron chi connectivity index (χ2n) is 4.28. The summed E-state index contributed by atoms with van der Waals surface area (Å²) in [6.45, 7) is 1.82. The Kier molecular flexibility index (Phi) is 2.16. The third-order valence-electron chi connectivity index (χ3n) is 3.26. The number of benzene rings is 1. The number of H-pyrrole nitrogens is 1. The van der Waals surface area contributed by atoms with Gasteiger partial charge in [0, 0.05) is 18.0 Å². The minimum atomic E-state index is -0.0623. The van der Waals surface area contributed by atoms with E-state index in [0.717, 1.165) is 16.7 Å². The Bertz CT molecular complexity index is 814. The first-order valence-corrected chi connectivity index (χ1v) is 5.65. The lowest BCUT2D eigenvalue weighted by molar-refractivity contribution is 0.415. The van der Waals surface area contributed by atoms with Crippen molar-refractivity contribution in [1.29, 1.82) is 0 Å². The number of aryl methyl sites for hydroxylation is 1. The van der Waals surface area contributed by atoms with Crippen LogP contribution in [0.4, 0.5) is 0 Å². The molecule has 0 spiro atoms. The number of aromatic amines is 1. The zero-order valence-corrected chi connectivity index (χ0v) is 10.4. The van der Waals surface area contributed by atoms with Crippen molar-refractivity contribution in [3.05, 3.63) is 34.4 Å². The average Bonchev–Trinajstić information content (AvgIpc) is 2.74. The lowest BCUT2D eigenvalue weighted by Gasteiger charge is -2.02. The molecule has 3 aromatic rings. The molecular weight excluding hydrogens is 230 g/mol. The lowest BCUT2D eigenvalue weighted by Crippen LogP contribution is -2.20. The molecule has 92 valence electrons. The highest BCUT2D eigenvalue weighted by atomic mass is 16.5. The maximum Gasteiger partial charge on any atom is 0.277 e. The summed E-state index contributed by atoms with van der Waals surface area (Å²) in [6, 6.07) is 5.64. The van der Waals surface area contributed by atoms with E-state index in [1.54, 1.807) is 14.2 Å². The molecule has 0 atom stereocenters. The monoisotopic (exact) mass is 243 g/mol. The van der Waals surface area contributed by atoms with E-state index in [1.807, 2.05) is 25.1 Å². The standard InChI is InChI=1S/C13H13N3O2/c1-7-14-11-9-6-8(18-3)4-5-10(9)15-12(11)13(17)16(7)2/h4-6,15H,1-3H3. The van der Waals surface area contributed by atoms with E-state index in [9.17, 15) is 4.79 Å². The molecule has 2 heterocycles. The molecule has 0 aliphatic heterocycles. The summed E-state index contributed by atoms with van der Waals surface area (Å²) in [5, 5.41) is 0.908. The van der Waals surface area contributed by atoms with E-state index in [2.05, 4.69) is 9.97 Å². The number of nitrogens with one attached hydrogen (secondary N) is 1. The Morgan fingerprint density at radius 2 is 2.17 bits per heavy atom. The highest BCUT2D eigenvalue weighted by Crippen LogP contribution is 2.25. The van der Waals surface area contributed by atoms with E-state index in [1.165, 1.54) is 4.57 Å². The Labute approximate surface area is 103 Å². The molecule has 0 unspecified atom stereocenters. The van der Waals surface area contributed by atoms with Crippen molar-refractivity contribution in [3.63, 3.8) is 0 Å². The van der Waals surface area contributed by atoms with Crippen LogP contribution in [-0.2, 0) is 7.05 Å². The molecule has 3 rings (SSSR count). The fourth-order valence-corrected chi connectivity index (χ4v) is 2.11. The number of hydrogen-bond acceptors (Lipinski definition) is 3. The van der Waals surface area contributed by atoms with Crippen molar-refractivity contribution in [3.8, 4) is 5.75 Å². The van der Waals surface area contributed by atoms with Crippen LogP contribution in [0.5, 0.6) is 5.75 Å². The van der Waals surface area contributed by atoms with Gasteiger partial charge in [-0.05, 0) is 25.1 Å². The molecule has 0 aliphatic carbocycles. The van der Waals surface area contributed by atoms with E-state index >= 15 is 0 Å². The highest BCUT2D eigenvalue weighted by Gasteiger charge is 2.12. The molecule has 5 heteroatoms. The van der Waals surface area contributed by atoms with Crippen LogP contribution >= 0.6 is 0 Å². The first-order valence-electron chi connectivity index (χ1n) is 5.65. The Morgan fingerprint density at radius 1 is 1.39 bits per heavy atom. The highest BCUT2D eigenvalue weighted by molar-refractivity contribution is 6.05. The van der Waals surface area contributed by atoms with Crippen molar-refractivity contribution >= 4 is 21.9 Å². The van der Waals surface area contributed by atoms with E-state index in [-0.39, 0.29) is 5.56 Å². The third kappa shape index (κ3) is 1.33. The summed E-state index contributed by atoms with van der Waals surface area (Å²) in [4.78, 5) is 19.7. The van der Waals surface area contributed by atoms with Gasteiger partial charge in [0.1, 0.15) is 22.6 Å². The maximum absolute atomic E-state index is 12.1. The van der Waals surface area contributed by atoms with Crippen LogP contribution in [0.1, 0.15) is 5.82 Å². The van der Waals surface area contributed by atoms with Gasteiger partial charge in [-0.25, -0.2) is 4.98 Å². The van der Waals surface area contributed by atoms with Crippen LogP contribution < -0.4 is 10.3 Å². The number of methoxy groups -OCH3 is 1. The minimum Gasteiger partial charge on any atom is -0.497 e. The summed E-state index contributed by atoms with van der Waals surface area (Å²) in [5.41, 5.74) is 2.06. The van der Waals surface area contributed by atoms with Gasteiger partial charge in [-0.3, -0.25) is 9.36 Å². The van der Waals surface area contributed by atoms with Crippen LogP contribution in [-0.4, -0.2) is 21.6 Å². The molecule has 1 N–H and O–H groups in total. The predicted octanol–water partition coefficient (Wildman–Crippen LogP) is 1.73. The van der Waals surface area contributed by atoms with Crippen LogP contribution in [0.2, 0.25) is 0 Å². The van der Waals surface area contributed by atoms with Crippen molar-refractivity contribution < 1.29 is 4.74 Å². The zero-order valence-electron chi connectivity index (χ0n) is 10.4. The Morgan fingerprint density at radius 3 is 2.89 bits per heavy atom. The fraction of sp³-hybridized carbons (Fsp3) is 0.231.